The Balaban J connectivity index is 4.11. The zero-order valence-electron chi connectivity index (χ0n) is 13.2. The molecule has 3 N–H and O–H groups in total. The van der Waals surface area contributed by atoms with E-state index in [9.17, 15) is 0 Å². The highest BCUT2D eigenvalue weighted by atomic mass is 16.5. The van der Waals surface area contributed by atoms with Gasteiger partial charge in [-0.2, -0.15) is 0 Å². The van der Waals surface area contributed by atoms with Crippen LogP contribution in [0.5, 0.6) is 0 Å². The lowest BCUT2D eigenvalue weighted by atomic mass is 9.87. The average Bonchev–Trinajstić information content (AvgIpc) is 2.11. The Hall–Kier alpha value is -1.22. The minimum atomic E-state index is -0.207. The second-order valence-corrected chi connectivity index (χ2v) is 6.58. The van der Waals surface area contributed by atoms with Gasteiger partial charge in [-0.1, -0.05) is 19.7 Å². The highest BCUT2D eigenvalue weighted by Gasteiger charge is 2.25. The van der Waals surface area contributed by atoms with Gasteiger partial charge in [-0.05, 0) is 46.6 Å². The first-order valence-corrected chi connectivity index (χ1v) is 6.65. The number of hydrogen-bond acceptors (Lipinski definition) is 3. The van der Waals surface area contributed by atoms with Crippen LogP contribution in [0.3, 0.4) is 0 Å². The first-order valence-electron chi connectivity index (χ1n) is 6.65. The van der Waals surface area contributed by atoms with Gasteiger partial charge in [0.05, 0.1) is 6.61 Å². The van der Waals surface area contributed by atoms with Crippen molar-refractivity contribution in [2.45, 2.75) is 58.5 Å². The van der Waals surface area contributed by atoms with E-state index in [0.717, 1.165) is 24.1 Å². The fourth-order valence-electron chi connectivity index (χ4n) is 2.14. The van der Waals surface area contributed by atoms with Gasteiger partial charge in [0.15, 0.2) is 0 Å². The van der Waals surface area contributed by atoms with Gasteiger partial charge in [0.25, 0.3) is 0 Å². The second kappa shape index (κ2) is 6.80. The second-order valence-electron chi connectivity index (χ2n) is 6.58. The van der Waals surface area contributed by atoms with E-state index >= 15 is 0 Å². The largest absolute Gasteiger partial charge is 0.494 e. The summed E-state index contributed by atoms with van der Waals surface area (Å²) in [4.78, 5) is 0. The molecule has 0 radical (unpaired) electrons. The van der Waals surface area contributed by atoms with Crippen molar-refractivity contribution in [3.8, 4) is 0 Å². The van der Waals surface area contributed by atoms with Gasteiger partial charge in [0.2, 0.25) is 0 Å². The minimum Gasteiger partial charge on any atom is -0.494 e. The third-order valence-electron chi connectivity index (χ3n) is 2.57. The Labute approximate surface area is 118 Å². The van der Waals surface area contributed by atoms with E-state index in [1.54, 1.807) is 0 Å². The Bertz CT molecular complexity index is 348. The fraction of sp³-hybridized carbons (Fsp3) is 0.625. The maximum absolute atomic E-state index is 6.05. The normalized spacial score (nSPS) is 11.9. The first kappa shape index (κ1) is 17.8. The van der Waals surface area contributed by atoms with Crippen molar-refractivity contribution in [1.29, 1.82) is 0 Å². The van der Waals surface area contributed by atoms with E-state index in [0.29, 0.717) is 12.4 Å². The van der Waals surface area contributed by atoms with Gasteiger partial charge in [0.1, 0.15) is 5.76 Å². The zero-order valence-corrected chi connectivity index (χ0v) is 13.2. The lowest BCUT2D eigenvalue weighted by Gasteiger charge is -2.34. The molecular weight excluding hydrogens is 236 g/mol. The molecule has 0 aliphatic carbocycles. The van der Waals surface area contributed by atoms with E-state index in [-0.39, 0.29) is 11.1 Å². The molecule has 0 rings (SSSR count). The summed E-state index contributed by atoms with van der Waals surface area (Å²) in [5.74, 6) is 0.634. The van der Waals surface area contributed by atoms with Crippen LogP contribution in [0.1, 0.15) is 47.5 Å². The molecule has 0 aromatic carbocycles. The summed E-state index contributed by atoms with van der Waals surface area (Å²) in [6.45, 7) is 22.3. The molecule has 0 aromatic rings. The molecule has 0 bridgehead atoms. The van der Waals surface area contributed by atoms with Gasteiger partial charge in [-0.25, -0.2) is 0 Å². The Kier molecular flexibility index (Phi) is 6.37. The van der Waals surface area contributed by atoms with Gasteiger partial charge < -0.3 is 15.8 Å². The summed E-state index contributed by atoms with van der Waals surface area (Å²) in [6.07, 6.45) is 1.60. The Morgan fingerprint density at radius 3 is 2.11 bits per heavy atom. The molecule has 0 aliphatic heterocycles. The lowest BCUT2D eigenvalue weighted by molar-refractivity contribution is 0.219. The topological polar surface area (TPSA) is 47.3 Å². The van der Waals surface area contributed by atoms with Gasteiger partial charge in [-0.15, -0.1) is 0 Å². The van der Waals surface area contributed by atoms with Crippen molar-refractivity contribution in [2.75, 3.05) is 6.61 Å². The summed E-state index contributed by atoms with van der Waals surface area (Å²) in [6, 6.07) is 0. The lowest BCUT2D eigenvalue weighted by Crippen LogP contribution is -2.47. The van der Waals surface area contributed by atoms with Crippen molar-refractivity contribution in [2.24, 2.45) is 5.73 Å². The van der Waals surface area contributed by atoms with Crippen LogP contribution in [0.4, 0.5) is 0 Å². The molecule has 3 nitrogen and oxygen atoms in total. The van der Waals surface area contributed by atoms with Crippen LogP contribution in [0.2, 0.25) is 0 Å². The molecule has 0 aliphatic rings. The predicted molar refractivity (Wildman–Crippen MR) is 83.8 cm³/mol. The number of nitrogens with one attached hydrogen (secondary N) is 1. The van der Waals surface area contributed by atoms with Crippen LogP contribution in [0, 0.1) is 0 Å². The molecule has 0 unspecified atom stereocenters. The highest BCUT2D eigenvalue weighted by molar-refractivity contribution is 5.16. The van der Waals surface area contributed by atoms with Crippen LogP contribution in [0.25, 0.3) is 0 Å². The van der Waals surface area contributed by atoms with E-state index in [2.05, 4.69) is 38.9 Å². The molecule has 0 aromatic heterocycles. The third kappa shape index (κ3) is 9.37. The molecule has 0 amide bonds. The van der Waals surface area contributed by atoms with E-state index in [1.165, 1.54) is 0 Å². The molecule has 0 spiro atoms. The van der Waals surface area contributed by atoms with Gasteiger partial charge in [0, 0.05) is 23.2 Å². The molecule has 19 heavy (non-hydrogen) atoms. The minimum absolute atomic E-state index is 0.0826. The molecule has 0 saturated heterocycles. The average molecular weight is 266 g/mol. The van der Waals surface area contributed by atoms with Gasteiger partial charge >= 0.3 is 0 Å². The predicted octanol–water partition coefficient (Wildman–Crippen LogP) is 3.49. The monoisotopic (exact) mass is 266 g/mol. The standard InChI is InChI=1S/C16H30N2O/c1-12(2)14(4)19-10-9-13(3)18-16(7,8)11-15(5,6)17/h18H,1,3-4,9-11,17H2,2,5-8H3. The van der Waals surface area contributed by atoms with Gasteiger partial charge in [-0.3, -0.25) is 0 Å². The smallest absolute Gasteiger partial charge is 0.114 e. The number of allylic oxidation sites excluding steroid dienone is 1. The number of hydrogen-bond donors (Lipinski definition) is 2. The Morgan fingerprint density at radius 1 is 1.16 bits per heavy atom. The number of nitrogens with two attached hydrogens (primary N) is 1. The van der Waals surface area contributed by atoms with E-state index < -0.39 is 0 Å². The van der Waals surface area contributed by atoms with Crippen LogP contribution in [-0.4, -0.2) is 17.7 Å². The molecule has 0 heterocycles. The molecular formula is C16H30N2O. The van der Waals surface area contributed by atoms with E-state index in [4.69, 9.17) is 10.5 Å². The third-order valence-corrected chi connectivity index (χ3v) is 2.57. The van der Waals surface area contributed by atoms with Crippen LogP contribution in [-0.2, 0) is 4.74 Å². The molecule has 110 valence electrons. The quantitative estimate of drug-likeness (QED) is 0.496. The summed E-state index contributed by atoms with van der Waals surface area (Å²) in [5, 5.41) is 3.41. The summed E-state index contributed by atoms with van der Waals surface area (Å²) >= 11 is 0. The summed E-state index contributed by atoms with van der Waals surface area (Å²) in [5.41, 5.74) is 7.56. The highest BCUT2D eigenvalue weighted by Crippen LogP contribution is 2.19. The van der Waals surface area contributed by atoms with E-state index in [1.807, 2.05) is 20.8 Å². The van der Waals surface area contributed by atoms with Crippen LogP contribution < -0.4 is 11.1 Å². The number of ether oxygens (including phenoxy) is 1. The zero-order chi connectivity index (χ0) is 15.3. The van der Waals surface area contributed by atoms with Crippen LogP contribution in [0.15, 0.2) is 36.8 Å². The van der Waals surface area contributed by atoms with Crippen molar-refractivity contribution >= 4 is 0 Å². The first-order chi connectivity index (χ1) is 8.43. The maximum Gasteiger partial charge on any atom is 0.114 e. The summed E-state index contributed by atoms with van der Waals surface area (Å²) < 4.78 is 5.47. The Morgan fingerprint density at radius 2 is 1.68 bits per heavy atom. The van der Waals surface area contributed by atoms with Crippen molar-refractivity contribution in [1.82, 2.24) is 5.32 Å². The summed E-state index contributed by atoms with van der Waals surface area (Å²) in [7, 11) is 0. The van der Waals surface area contributed by atoms with Crippen molar-refractivity contribution in [3.63, 3.8) is 0 Å². The molecule has 0 fully saturated rings. The van der Waals surface area contributed by atoms with Crippen molar-refractivity contribution < 1.29 is 4.74 Å². The number of rotatable bonds is 9. The maximum atomic E-state index is 6.05. The molecule has 0 atom stereocenters. The SMILES string of the molecule is C=C(CCOC(=C)C(=C)C)NC(C)(C)CC(C)(C)N. The van der Waals surface area contributed by atoms with Crippen molar-refractivity contribution in [3.05, 3.63) is 36.8 Å². The molecule has 0 saturated carbocycles. The molecule has 3 heteroatoms. The fourth-order valence-corrected chi connectivity index (χ4v) is 2.14. The van der Waals surface area contributed by atoms with Crippen LogP contribution >= 0.6 is 0 Å².